The van der Waals surface area contributed by atoms with Gasteiger partial charge in [0.05, 0.1) is 27.8 Å². The summed E-state index contributed by atoms with van der Waals surface area (Å²) in [6, 6.07) is 9.58. The summed E-state index contributed by atoms with van der Waals surface area (Å²) in [5.41, 5.74) is 1.43. The minimum Gasteiger partial charge on any atom is -0.479 e. The van der Waals surface area contributed by atoms with Crippen LogP contribution in [0, 0.1) is 0 Å². The first kappa shape index (κ1) is 16.6. The van der Waals surface area contributed by atoms with Gasteiger partial charge in [0.25, 0.3) is 5.91 Å². The molecule has 1 aliphatic heterocycles. The molecule has 0 saturated carbocycles. The molecule has 124 valence electrons. The molecule has 0 aromatic heterocycles. The number of anilines is 1. The van der Waals surface area contributed by atoms with E-state index >= 15 is 0 Å². The molecule has 1 amide bonds. The molecule has 1 aliphatic rings. The fourth-order valence-corrected chi connectivity index (χ4v) is 2.85. The predicted molar refractivity (Wildman–Crippen MR) is 91.1 cm³/mol. The number of carboxylic acid groups (broad SMARTS) is 1. The minimum atomic E-state index is -1.05. The van der Waals surface area contributed by atoms with Gasteiger partial charge in [0, 0.05) is 0 Å². The van der Waals surface area contributed by atoms with Crippen molar-refractivity contribution in [3.05, 3.63) is 57.6 Å². The first-order valence-electron chi connectivity index (χ1n) is 7.16. The van der Waals surface area contributed by atoms with Gasteiger partial charge < -0.3 is 14.7 Å². The summed E-state index contributed by atoms with van der Waals surface area (Å²) in [4.78, 5) is 25.2. The second-order valence-electron chi connectivity index (χ2n) is 5.42. The van der Waals surface area contributed by atoms with Crippen molar-refractivity contribution in [1.82, 2.24) is 0 Å². The third-order valence-electron chi connectivity index (χ3n) is 3.74. The number of nitrogens with zero attached hydrogens (tertiary/aromatic N) is 1. The highest BCUT2D eigenvalue weighted by Crippen LogP contribution is 2.36. The van der Waals surface area contributed by atoms with Crippen molar-refractivity contribution in [1.29, 1.82) is 0 Å². The Morgan fingerprint density at radius 2 is 1.96 bits per heavy atom. The van der Waals surface area contributed by atoms with E-state index in [4.69, 9.17) is 33.0 Å². The summed E-state index contributed by atoms with van der Waals surface area (Å²) < 4.78 is 5.54. The van der Waals surface area contributed by atoms with E-state index in [-0.39, 0.29) is 18.0 Å². The molecule has 0 fully saturated rings. The van der Waals surface area contributed by atoms with Crippen molar-refractivity contribution in [2.75, 3.05) is 4.90 Å². The fraction of sp³-hybridized carbons (Fsp3) is 0.176. The highest BCUT2D eigenvalue weighted by atomic mass is 35.5. The number of hydrogen-bond donors (Lipinski definition) is 1. The van der Waals surface area contributed by atoms with E-state index in [0.717, 1.165) is 5.56 Å². The Kier molecular flexibility index (Phi) is 4.39. The van der Waals surface area contributed by atoms with Gasteiger partial charge in [0.1, 0.15) is 5.75 Å². The van der Waals surface area contributed by atoms with Crippen LogP contribution in [0.4, 0.5) is 5.69 Å². The van der Waals surface area contributed by atoms with Gasteiger partial charge in [-0.15, -0.1) is 0 Å². The topological polar surface area (TPSA) is 66.8 Å². The van der Waals surface area contributed by atoms with Gasteiger partial charge in [-0.05, 0) is 42.8 Å². The number of aromatic carboxylic acids is 1. The van der Waals surface area contributed by atoms with E-state index in [1.165, 1.54) is 12.1 Å². The van der Waals surface area contributed by atoms with Gasteiger partial charge in [0.15, 0.2) is 6.10 Å². The second-order valence-corrected chi connectivity index (χ2v) is 6.23. The number of amides is 1. The first-order valence-corrected chi connectivity index (χ1v) is 7.91. The zero-order valence-electron chi connectivity index (χ0n) is 12.6. The predicted octanol–water partition coefficient (Wildman–Crippen LogP) is 4.01. The number of benzene rings is 2. The second kappa shape index (κ2) is 6.34. The average molecular weight is 366 g/mol. The number of halogens is 2. The molecule has 1 unspecified atom stereocenters. The molecular weight excluding hydrogens is 353 g/mol. The van der Waals surface area contributed by atoms with Gasteiger partial charge in [-0.25, -0.2) is 4.79 Å². The molecule has 1 N–H and O–H groups in total. The Morgan fingerprint density at radius 3 is 2.62 bits per heavy atom. The highest BCUT2D eigenvalue weighted by molar-refractivity contribution is 6.42. The Morgan fingerprint density at radius 1 is 1.21 bits per heavy atom. The molecule has 0 radical (unpaired) electrons. The van der Waals surface area contributed by atoms with Crippen LogP contribution < -0.4 is 9.64 Å². The minimum absolute atomic E-state index is 0.102. The van der Waals surface area contributed by atoms with Crippen LogP contribution in [0.2, 0.25) is 10.0 Å². The van der Waals surface area contributed by atoms with Crippen LogP contribution in [-0.4, -0.2) is 23.1 Å². The molecule has 2 aromatic rings. The van der Waals surface area contributed by atoms with Crippen LogP contribution in [0.25, 0.3) is 0 Å². The number of carbonyl (C=O) groups excluding carboxylic acids is 1. The van der Waals surface area contributed by atoms with Crippen LogP contribution in [0.1, 0.15) is 22.8 Å². The van der Waals surface area contributed by atoms with E-state index in [1.54, 1.807) is 36.1 Å². The molecular formula is C17H13Cl2NO4. The number of fused-ring (bicyclic) bond motifs is 1. The molecule has 5 nitrogen and oxygen atoms in total. The summed E-state index contributed by atoms with van der Waals surface area (Å²) in [5.74, 6) is -0.902. The van der Waals surface area contributed by atoms with Gasteiger partial charge in [0.2, 0.25) is 0 Å². The third kappa shape index (κ3) is 3.05. The average Bonchev–Trinajstić information content (AvgIpc) is 2.54. The normalized spacial score (nSPS) is 16.5. The van der Waals surface area contributed by atoms with Gasteiger partial charge in [-0.3, -0.25) is 4.79 Å². The standard InChI is InChI=1S/C17H13Cl2NO4/c1-9-16(21)20(8-10-2-4-12(18)13(19)6-10)14-5-3-11(17(22)23)7-15(14)24-9/h2-7,9H,8H2,1H3,(H,22,23). The molecule has 0 saturated heterocycles. The Bertz CT molecular complexity index is 837. The van der Waals surface area contributed by atoms with Crippen molar-refractivity contribution in [3.63, 3.8) is 0 Å². The summed E-state index contributed by atoms with van der Waals surface area (Å²) in [5, 5.41) is 9.94. The monoisotopic (exact) mass is 365 g/mol. The number of carboxylic acids is 1. The van der Waals surface area contributed by atoms with Crippen molar-refractivity contribution < 1.29 is 19.4 Å². The lowest BCUT2D eigenvalue weighted by Gasteiger charge is -2.33. The molecule has 2 aromatic carbocycles. The van der Waals surface area contributed by atoms with Crippen molar-refractivity contribution >= 4 is 40.8 Å². The van der Waals surface area contributed by atoms with Crippen LogP contribution in [-0.2, 0) is 11.3 Å². The summed E-state index contributed by atoms with van der Waals surface area (Å²) in [6.45, 7) is 1.91. The maximum absolute atomic E-state index is 12.5. The van der Waals surface area contributed by atoms with Crippen LogP contribution in [0.3, 0.4) is 0 Å². The Labute approximate surface area is 148 Å². The Balaban J connectivity index is 1.99. The highest BCUT2D eigenvalue weighted by Gasteiger charge is 2.32. The van der Waals surface area contributed by atoms with Gasteiger partial charge in [-0.1, -0.05) is 29.3 Å². The lowest BCUT2D eigenvalue weighted by Crippen LogP contribution is -2.44. The SMILES string of the molecule is CC1Oc2cc(C(=O)O)ccc2N(Cc2ccc(Cl)c(Cl)c2)C1=O. The fourth-order valence-electron chi connectivity index (χ4n) is 2.53. The quantitative estimate of drug-likeness (QED) is 0.892. The summed E-state index contributed by atoms with van der Waals surface area (Å²) >= 11 is 11.9. The maximum Gasteiger partial charge on any atom is 0.335 e. The van der Waals surface area contributed by atoms with Crippen molar-refractivity contribution in [2.45, 2.75) is 19.6 Å². The smallest absolute Gasteiger partial charge is 0.335 e. The zero-order chi connectivity index (χ0) is 17.4. The molecule has 0 bridgehead atoms. The van der Waals surface area contributed by atoms with Gasteiger partial charge in [-0.2, -0.15) is 0 Å². The zero-order valence-corrected chi connectivity index (χ0v) is 14.1. The van der Waals surface area contributed by atoms with Crippen molar-refractivity contribution in [2.24, 2.45) is 0 Å². The van der Waals surface area contributed by atoms with Crippen LogP contribution >= 0.6 is 23.2 Å². The van der Waals surface area contributed by atoms with E-state index < -0.39 is 12.1 Å². The van der Waals surface area contributed by atoms with Gasteiger partial charge >= 0.3 is 5.97 Å². The van der Waals surface area contributed by atoms with E-state index in [9.17, 15) is 9.59 Å². The van der Waals surface area contributed by atoms with E-state index in [0.29, 0.717) is 21.5 Å². The van der Waals surface area contributed by atoms with Crippen LogP contribution in [0.5, 0.6) is 5.75 Å². The maximum atomic E-state index is 12.5. The number of hydrogen-bond acceptors (Lipinski definition) is 3. The molecule has 0 spiro atoms. The number of ether oxygens (including phenoxy) is 1. The summed E-state index contributed by atoms with van der Waals surface area (Å²) in [7, 11) is 0. The van der Waals surface area contributed by atoms with E-state index in [2.05, 4.69) is 0 Å². The van der Waals surface area contributed by atoms with Crippen LogP contribution in [0.15, 0.2) is 36.4 Å². The molecule has 3 rings (SSSR count). The number of carbonyl (C=O) groups is 2. The van der Waals surface area contributed by atoms with E-state index in [1.807, 2.05) is 0 Å². The summed E-state index contributed by atoms with van der Waals surface area (Å²) in [6.07, 6.45) is -0.704. The molecule has 24 heavy (non-hydrogen) atoms. The number of rotatable bonds is 3. The van der Waals surface area contributed by atoms with Crippen molar-refractivity contribution in [3.8, 4) is 5.75 Å². The molecule has 1 heterocycles. The molecule has 0 aliphatic carbocycles. The largest absolute Gasteiger partial charge is 0.479 e. The lowest BCUT2D eigenvalue weighted by atomic mass is 10.1. The third-order valence-corrected chi connectivity index (χ3v) is 4.48. The Hall–Kier alpha value is -2.24. The molecule has 7 heteroatoms. The first-order chi connectivity index (χ1) is 11.4. The lowest BCUT2D eigenvalue weighted by molar-refractivity contribution is -0.125. The molecule has 1 atom stereocenters.